The van der Waals surface area contributed by atoms with Crippen LogP contribution in [0.4, 0.5) is 5.82 Å². The third-order valence-electron chi connectivity index (χ3n) is 4.28. The van der Waals surface area contributed by atoms with E-state index < -0.39 is 5.91 Å². The molecule has 0 aliphatic carbocycles. The number of amides is 1. The first-order valence-corrected chi connectivity index (χ1v) is 10.8. The summed E-state index contributed by atoms with van der Waals surface area (Å²) in [4.78, 5) is 13.9. The number of ether oxygens (including phenoxy) is 1. The van der Waals surface area contributed by atoms with Crippen LogP contribution in [-0.2, 0) is 5.75 Å². The highest BCUT2D eigenvalue weighted by Crippen LogP contribution is 2.25. The molecule has 2 aromatic carbocycles. The van der Waals surface area contributed by atoms with E-state index in [1.165, 1.54) is 22.7 Å². The third kappa shape index (κ3) is 5.49. The molecule has 11 nitrogen and oxygen atoms in total. The fourth-order valence-electron chi connectivity index (χ4n) is 2.68. The summed E-state index contributed by atoms with van der Waals surface area (Å²) in [6.45, 7) is 1.74. The molecule has 4 aromatic rings. The molecule has 33 heavy (non-hydrogen) atoms. The molecule has 0 saturated carbocycles. The predicted molar refractivity (Wildman–Crippen MR) is 121 cm³/mol. The summed E-state index contributed by atoms with van der Waals surface area (Å²) in [6, 6.07) is 19.0. The fourth-order valence-corrected chi connectivity index (χ4v) is 3.60. The zero-order valence-corrected chi connectivity index (χ0v) is 18.3. The van der Waals surface area contributed by atoms with Gasteiger partial charge >= 0.3 is 0 Å². The van der Waals surface area contributed by atoms with E-state index in [-0.39, 0.29) is 17.3 Å². The number of aromatic nitrogens is 5. The topological polar surface area (TPSA) is 146 Å². The highest BCUT2D eigenvalue weighted by atomic mass is 32.2. The molecule has 0 atom stereocenters. The quantitative estimate of drug-likeness (QED) is 0.192. The second-order valence-corrected chi connectivity index (χ2v) is 7.73. The summed E-state index contributed by atoms with van der Waals surface area (Å²) < 4.78 is 11.6. The molecule has 0 bridgehead atoms. The highest BCUT2D eigenvalue weighted by Gasteiger charge is 2.24. The van der Waals surface area contributed by atoms with Crippen LogP contribution in [0.3, 0.4) is 0 Å². The molecule has 0 saturated heterocycles. The molecule has 12 heteroatoms. The first-order chi connectivity index (χ1) is 16.1. The Hall–Kier alpha value is -4.32. The van der Waals surface area contributed by atoms with Gasteiger partial charge in [-0.3, -0.25) is 15.6 Å². The number of nitrogens with one attached hydrogen (secondary N) is 2. The van der Waals surface area contributed by atoms with E-state index in [2.05, 4.69) is 36.1 Å². The molecule has 1 amide bonds. The lowest BCUT2D eigenvalue weighted by molar-refractivity contribution is 0.0932. The van der Waals surface area contributed by atoms with Crippen molar-refractivity contribution in [3.05, 3.63) is 84.0 Å². The first-order valence-electron chi connectivity index (χ1n) is 9.77. The lowest BCUT2D eigenvalue weighted by Gasteiger charge is -2.09. The van der Waals surface area contributed by atoms with Crippen molar-refractivity contribution in [3.63, 3.8) is 0 Å². The van der Waals surface area contributed by atoms with Gasteiger partial charge in [-0.1, -0.05) is 41.6 Å². The van der Waals surface area contributed by atoms with Crippen LogP contribution in [-0.4, -0.2) is 31.2 Å². The van der Waals surface area contributed by atoms with Crippen LogP contribution < -0.4 is 21.3 Å². The van der Waals surface area contributed by atoms with Gasteiger partial charge in [0.05, 0.1) is 11.4 Å². The van der Waals surface area contributed by atoms with Crippen molar-refractivity contribution in [3.8, 4) is 11.6 Å². The van der Waals surface area contributed by atoms with Crippen molar-refractivity contribution in [1.29, 1.82) is 0 Å². The number of hydrogen-bond donors (Lipinski definition) is 3. The summed E-state index contributed by atoms with van der Waals surface area (Å²) in [5.74, 6) is 0.746. The highest BCUT2D eigenvalue weighted by molar-refractivity contribution is 7.98. The summed E-state index contributed by atoms with van der Waals surface area (Å²) >= 11 is 1.50. The predicted octanol–water partition coefficient (Wildman–Crippen LogP) is 2.70. The molecular weight excluding hydrogens is 444 g/mol. The van der Waals surface area contributed by atoms with Crippen LogP contribution in [0.25, 0.3) is 5.82 Å². The van der Waals surface area contributed by atoms with Gasteiger partial charge in [0.15, 0.2) is 5.69 Å². The van der Waals surface area contributed by atoms with Gasteiger partial charge in [-0.05, 0) is 41.5 Å². The Kier molecular flexibility index (Phi) is 6.85. The summed E-state index contributed by atoms with van der Waals surface area (Å²) in [5.41, 5.74) is 12.4. The van der Waals surface area contributed by atoms with E-state index in [1.807, 2.05) is 60.7 Å². The van der Waals surface area contributed by atoms with Crippen LogP contribution in [0, 0.1) is 0 Å². The lowest BCUT2D eigenvalue weighted by atomic mass is 10.3. The average Bonchev–Trinajstić information content (AvgIpc) is 3.46. The Balaban J connectivity index is 1.49. The molecule has 4 rings (SSSR count). The van der Waals surface area contributed by atoms with Crippen LogP contribution in [0.5, 0.6) is 5.75 Å². The average molecular weight is 465 g/mol. The number of anilines is 1. The summed E-state index contributed by atoms with van der Waals surface area (Å²) in [7, 11) is 0. The van der Waals surface area contributed by atoms with Gasteiger partial charge in [0.1, 0.15) is 12.0 Å². The van der Waals surface area contributed by atoms with Gasteiger partial charge in [-0.15, -0.1) is 16.9 Å². The Bertz CT molecular complexity index is 1240. The number of nitrogens with two attached hydrogens (primary N) is 1. The molecule has 168 valence electrons. The van der Waals surface area contributed by atoms with E-state index in [9.17, 15) is 4.79 Å². The molecule has 2 heterocycles. The van der Waals surface area contributed by atoms with Gasteiger partial charge in [-0.25, -0.2) is 4.63 Å². The molecule has 2 aromatic heterocycles. The van der Waals surface area contributed by atoms with Crippen LogP contribution in [0.15, 0.2) is 82.1 Å². The van der Waals surface area contributed by atoms with Crippen LogP contribution in [0.2, 0.25) is 0 Å². The fraction of sp³-hybridized carbons (Fsp3) is 0.0952. The maximum Gasteiger partial charge on any atom is 0.292 e. The van der Waals surface area contributed by atoms with Crippen molar-refractivity contribution in [2.24, 2.45) is 0 Å². The molecule has 0 radical (unpaired) electrons. The molecule has 0 spiro atoms. The number of allylic oxidation sites excluding steroid dienone is 1. The third-order valence-corrected chi connectivity index (χ3v) is 5.30. The van der Waals surface area contributed by atoms with Gasteiger partial charge in [-0.2, -0.15) is 4.68 Å². The summed E-state index contributed by atoms with van der Waals surface area (Å²) in [5, 5.41) is 15.4. The second-order valence-electron chi connectivity index (χ2n) is 6.68. The number of thioether (sulfide) groups is 1. The maximum atomic E-state index is 12.9. The number of hydrogen-bond acceptors (Lipinski definition) is 10. The summed E-state index contributed by atoms with van der Waals surface area (Å²) in [6.07, 6.45) is 1.49. The van der Waals surface area contributed by atoms with Gasteiger partial charge in [0.2, 0.25) is 11.6 Å². The zero-order chi connectivity index (χ0) is 23.0. The Labute approximate surface area is 192 Å². The van der Waals surface area contributed by atoms with Crippen molar-refractivity contribution >= 4 is 23.5 Å². The number of carbonyl (C=O) groups is 1. The number of benzene rings is 2. The lowest BCUT2D eigenvalue weighted by Crippen LogP contribution is -2.37. The standard InChI is InChI=1S/C21H20N8O3S/c1-14(12-31-15-8-4-2-5-9-15)23-25-21(30)18-17(13-33-16-10-6-3-7-11-16)29(28-24-18)20-19(22)26-32-27-20/h2-12,23H,13H2,1H3,(H2,22,26)(H,25,30)/b14-12-. The Morgan fingerprint density at radius 3 is 2.55 bits per heavy atom. The molecule has 0 aliphatic rings. The van der Waals surface area contributed by atoms with Crippen molar-refractivity contribution < 1.29 is 14.2 Å². The minimum atomic E-state index is -0.493. The number of nitrogens with zero attached hydrogens (tertiary/aromatic N) is 5. The molecule has 0 fully saturated rings. The maximum absolute atomic E-state index is 12.9. The smallest absolute Gasteiger partial charge is 0.292 e. The Morgan fingerprint density at radius 2 is 1.85 bits per heavy atom. The van der Waals surface area contributed by atoms with Gasteiger partial charge in [0, 0.05) is 10.6 Å². The minimum absolute atomic E-state index is 0.0350. The van der Waals surface area contributed by atoms with E-state index in [0.29, 0.717) is 22.9 Å². The van der Waals surface area contributed by atoms with Gasteiger partial charge in [0.25, 0.3) is 5.91 Å². The number of carbonyl (C=O) groups excluding carboxylic acids is 1. The normalized spacial score (nSPS) is 11.2. The van der Waals surface area contributed by atoms with Crippen molar-refractivity contribution in [2.45, 2.75) is 17.6 Å². The molecular formula is C21H20N8O3S. The van der Waals surface area contributed by atoms with E-state index in [0.717, 1.165) is 4.90 Å². The molecule has 0 aliphatic heterocycles. The number of para-hydroxylation sites is 1. The Morgan fingerprint density at radius 1 is 1.12 bits per heavy atom. The van der Waals surface area contributed by atoms with Gasteiger partial charge < -0.3 is 10.5 Å². The van der Waals surface area contributed by atoms with Crippen LogP contribution >= 0.6 is 11.8 Å². The monoisotopic (exact) mass is 464 g/mol. The van der Waals surface area contributed by atoms with E-state index >= 15 is 0 Å². The zero-order valence-electron chi connectivity index (χ0n) is 17.5. The number of rotatable bonds is 9. The second kappa shape index (κ2) is 10.3. The molecule has 0 unspecified atom stereocenters. The van der Waals surface area contributed by atoms with E-state index in [4.69, 9.17) is 10.5 Å². The number of hydrazine groups is 1. The van der Waals surface area contributed by atoms with Crippen molar-refractivity contribution in [2.75, 3.05) is 5.73 Å². The molecule has 4 N–H and O–H groups in total. The largest absolute Gasteiger partial charge is 0.463 e. The minimum Gasteiger partial charge on any atom is -0.463 e. The van der Waals surface area contributed by atoms with Crippen LogP contribution in [0.1, 0.15) is 23.1 Å². The first kappa shape index (κ1) is 21.9. The van der Waals surface area contributed by atoms with E-state index in [1.54, 1.807) is 6.92 Å². The number of nitrogen functional groups attached to an aromatic ring is 1. The van der Waals surface area contributed by atoms with Crippen molar-refractivity contribution in [1.82, 2.24) is 36.2 Å². The SMILES string of the molecule is C/C(=C/Oc1ccccc1)NNC(=O)c1nnn(-c2nonc2N)c1CSc1ccccc1.